The number of para-hydroxylation sites is 1. The van der Waals surface area contributed by atoms with Crippen LogP contribution in [0.3, 0.4) is 0 Å². The van der Waals surface area contributed by atoms with Gasteiger partial charge in [0.15, 0.2) is 4.96 Å². The van der Waals surface area contributed by atoms with Crippen LogP contribution in [0.4, 0.5) is 5.69 Å². The van der Waals surface area contributed by atoms with Gasteiger partial charge in [-0.05, 0) is 26.0 Å². The second-order valence-corrected chi connectivity index (χ2v) is 6.39. The molecule has 0 aliphatic carbocycles. The summed E-state index contributed by atoms with van der Waals surface area (Å²) in [5.74, 6) is -0.0596. The zero-order chi connectivity index (χ0) is 14.6. The Balaban J connectivity index is 1.83. The summed E-state index contributed by atoms with van der Waals surface area (Å²) in [5, 5.41) is 6.39. The Kier molecular flexibility index (Phi) is 2.56. The molecule has 2 N–H and O–H groups in total. The van der Waals surface area contributed by atoms with Crippen LogP contribution in [0.1, 0.15) is 32.8 Å². The van der Waals surface area contributed by atoms with Crippen LogP contribution in [0.15, 0.2) is 30.5 Å². The molecule has 0 fully saturated rings. The summed E-state index contributed by atoms with van der Waals surface area (Å²) >= 11 is 1.65. The monoisotopic (exact) mass is 298 g/mol. The molecule has 3 heterocycles. The highest BCUT2D eigenvalue weighted by atomic mass is 32.1. The topological polar surface area (TPSA) is 58.4 Å². The molecule has 1 aromatic carbocycles. The van der Waals surface area contributed by atoms with Crippen LogP contribution < -0.4 is 10.6 Å². The largest absolute Gasteiger partial charge is 0.360 e. The van der Waals surface area contributed by atoms with Crippen molar-refractivity contribution in [2.24, 2.45) is 0 Å². The lowest BCUT2D eigenvalue weighted by molar-refractivity contribution is 0.0934. The number of imidazole rings is 1. The van der Waals surface area contributed by atoms with Gasteiger partial charge in [0.2, 0.25) is 0 Å². The Morgan fingerprint density at radius 2 is 2.05 bits per heavy atom. The summed E-state index contributed by atoms with van der Waals surface area (Å²) in [7, 11) is 0. The fraction of sp³-hybridized carbons (Fsp3) is 0.200. The first-order valence-electron chi connectivity index (χ1n) is 6.75. The van der Waals surface area contributed by atoms with E-state index in [0.717, 1.165) is 22.0 Å². The number of nitrogens with one attached hydrogen (secondary N) is 2. The molecule has 5 nitrogen and oxygen atoms in total. The fourth-order valence-electron chi connectivity index (χ4n) is 2.77. The highest BCUT2D eigenvalue weighted by Gasteiger charge is 2.28. The first-order chi connectivity index (χ1) is 10.1. The van der Waals surface area contributed by atoms with E-state index >= 15 is 0 Å². The molecule has 4 rings (SSSR count). The summed E-state index contributed by atoms with van der Waals surface area (Å²) < 4.78 is 2.06. The highest BCUT2D eigenvalue weighted by molar-refractivity contribution is 7.17. The molecule has 6 heteroatoms. The lowest BCUT2D eigenvalue weighted by Crippen LogP contribution is -2.39. The quantitative estimate of drug-likeness (QED) is 0.726. The van der Waals surface area contributed by atoms with Crippen molar-refractivity contribution < 1.29 is 4.79 Å². The maximum Gasteiger partial charge on any atom is 0.255 e. The van der Waals surface area contributed by atoms with Crippen molar-refractivity contribution in [3.8, 4) is 0 Å². The van der Waals surface area contributed by atoms with Crippen molar-refractivity contribution in [3.05, 3.63) is 52.3 Å². The van der Waals surface area contributed by atoms with Crippen LogP contribution in [-0.2, 0) is 0 Å². The van der Waals surface area contributed by atoms with E-state index < -0.39 is 0 Å². The van der Waals surface area contributed by atoms with Crippen LogP contribution in [0.5, 0.6) is 0 Å². The molecule has 2 aromatic heterocycles. The molecule has 0 spiro atoms. The lowest BCUT2D eigenvalue weighted by atomic mass is 10.1. The number of nitrogens with zero attached hydrogens (tertiary/aromatic N) is 2. The Labute approximate surface area is 125 Å². The maximum absolute atomic E-state index is 12.3. The number of carbonyl (C=O) groups is 1. The van der Waals surface area contributed by atoms with Gasteiger partial charge in [0, 0.05) is 16.8 Å². The van der Waals surface area contributed by atoms with Crippen molar-refractivity contribution in [1.29, 1.82) is 0 Å². The van der Waals surface area contributed by atoms with Crippen molar-refractivity contribution in [2.75, 3.05) is 5.32 Å². The third-order valence-corrected chi connectivity index (χ3v) is 4.58. The number of anilines is 1. The number of aromatic nitrogens is 2. The number of benzene rings is 1. The van der Waals surface area contributed by atoms with E-state index in [4.69, 9.17) is 0 Å². The minimum atomic E-state index is -0.267. The normalized spacial score (nSPS) is 17.4. The van der Waals surface area contributed by atoms with Crippen molar-refractivity contribution in [1.82, 2.24) is 14.7 Å². The summed E-state index contributed by atoms with van der Waals surface area (Å²) in [5.41, 5.74) is 3.44. The molecule has 1 aliphatic heterocycles. The average Bonchev–Trinajstić information content (AvgIpc) is 2.93. The molecule has 1 aliphatic rings. The van der Waals surface area contributed by atoms with Gasteiger partial charge >= 0.3 is 0 Å². The predicted molar refractivity (Wildman–Crippen MR) is 82.8 cm³/mol. The van der Waals surface area contributed by atoms with Gasteiger partial charge in [-0.25, -0.2) is 4.98 Å². The number of hydrogen-bond donors (Lipinski definition) is 2. The first-order valence-corrected chi connectivity index (χ1v) is 7.56. The number of carbonyl (C=O) groups excluding carboxylic acids is 1. The zero-order valence-corrected chi connectivity index (χ0v) is 12.5. The number of hydrogen-bond acceptors (Lipinski definition) is 4. The molecule has 106 valence electrons. The summed E-state index contributed by atoms with van der Waals surface area (Å²) in [6.07, 6.45) is 1.79. The molecule has 0 bridgehead atoms. The van der Waals surface area contributed by atoms with Crippen LogP contribution in [0.2, 0.25) is 0 Å². The Morgan fingerprint density at radius 1 is 1.24 bits per heavy atom. The molecule has 0 saturated heterocycles. The van der Waals surface area contributed by atoms with Gasteiger partial charge in [0.1, 0.15) is 6.17 Å². The average molecular weight is 298 g/mol. The summed E-state index contributed by atoms with van der Waals surface area (Å²) in [4.78, 5) is 19.0. The number of aryl methyl sites for hydroxylation is 2. The molecule has 3 aromatic rings. The molecular formula is C15H14N4OS. The van der Waals surface area contributed by atoms with E-state index in [1.807, 2.05) is 31.2 Å². The smallest absolute Gasteiger partial charge is 0.255 e. The fourth-order valence-corrected chi connectivity index (χ4v) is 3.65. The van der Waals surface area contributed by atoms with E-state index in [1.54, 1.807) is 11.3 Å². The zero-order valence-electron chi connectivity index (χ0n) is 11.7. The summed E-state index contributed by atoms with van der Waals surface area (Å²) in [6.45, 7) is 4.03. The third-order valence-electron chi connectivity index (χ3n) is 3.68. The SMILES string of the molecule is Cc1cn2c(C3NC(=O)c4ccccc4N3)c(C)nc2s1. The van der Waals surface area contributed by atoms with Gasteiger partial charge in [-0.2, -0.15) is 0 Å². The molecule has 21 heavy (non-hydrogen) atoms. The van der Waals surface area contributed by atoms with Crippen molar-refractivity contribution in [2.45, 2.75) is 20.0 Å². The number of rotatable bonds is 1. The highest BCUT2D eigenvalue weighted by Crippen LogP contribution is 2.30. The Hall–Kier alpha value is -2.34. The second-order valence-electron chi connectivity index (χ2n) is 5.17. The van der Waals surface area contributed by atoms with Gasteiger partial charge in [0.05, 0.1) is 17.0 Å². The van der Waals surface area contributed by atoms with Crippen LogP contribution in [0.25, 0.3) is 4.96 Å². The maximum atomic E-state index is 12.3. The minimum Gasteiger partial charge on any atom is -0.360 e. The standard InChI is InChI=1S/C15H14N4OS/c1-8-7-19-12(9(2)16-15(19)21-8)13-17-11-6-4-3-5-10(11)14(20)18-13/h3-7,13,17H,1-2H3,(H,18,20). The van der Waals surface area contributed by atoms with Crippen LogP contribution in [-0.4, -0.2) is 15.3 Å². The van der Waals surface area contributed by atoms with Crippen molar-refractivity contribution >= 4 is 27.9 Å². The molecule has 1 atom stereocenters. The van der Waals surface area contributed by atoms with Crippen molar-refractivity contribution in [3.63, 3.8) is 0 Å². The van der Waals surface area contributed by atoms with Crippen LogP contribution in [0, 0.1) is 13.8 Å². The van der Waals surface area contributed by atoms with Crippen LogP contribution >= 0.6 is 11.3 Å². The number of fused-ring (bicyclic) bond motifs is 2. The molecule has 0 radical (unpaired) electrons. The predicted octanol–water partition coefficient (Wildman–Crippen LogP) is 2.87. The second kappa shape index (κ2) is 4.33. The molecule has 1 unspecified atom stereocenters. The first kappa shape index (κ1) is 12.4. The van der Waals surface area contributed by atoms with E-state index in [9.17, 15) is 4.79 Å². The number of amides is 1. The van der Waals surface area contributed by atoms with Gasteiger partial charge < -0.3 is 10.6 Å². The lowest BCUT2D eigenvalue weighted by Gasteiger charge is -2.27. The molecule has 0 saturated carbocycles. The Bertz CT molecular complexity index is 864. The van der Waals surface area contributed by atoms with Gasteiger partial charge in [0.25, 0.3) is 5.91 Å². The Morgan fingerprint density at radius 3 is 2.90 bits per heavy atom. The van der Waals surface area contributed by atoms with Gasteiger partial charge in [-0.15, -0.1) is 11.3 Å². The van der Waals surface area contributed by atoms with Gasteiger partial charge in [-0.3, -0.25) is 9.20 Å². The number of thiazole rings is 1. The third kappa shape index (κ3) is 1.83. The minimum absolute atomic E-state index is 0.0596. The van der Waals surface area contributed by atoms with E-state index in [0.29, 0.717) is 5.56 Å². The van der Waals surface area contributed by atoms with E-state index in [2.05, 4.69) is 33.1 Å². The van der Waals surface area contributed by atoms with E-state index in [-0.39, 0.29) is 12.1 Å². The van der Waals surface area contributed by atoms with Gasteiger partial charge in [-0.1, -0.05) is 12.1 Å². The summed E-state index contributed by atoms with van der Waals surface area (Å²) in [6, 6.07) is 7.54. The van der Waals surface area contributed by atoms with E-state index in [1.165, 1.54) is 4.88 Å². The molecule has 1 amide bonds. The molecular weight excluding hydrogens is 284 g/mol.